The van der Waals surface area contributed by atoms with E-state index in [9.17, 15) is 4.79 Å². The maximum atomic E-state index is 11.6. The smallest absolute Gasteiger partial charge is 0.237 e. The third-order valence-electron chi connectivity index (χ3n) is 3.03. The lowest BCUT2D eigenvalue weighted by molar-refractivity contribution is -0.123. The van der Waals surface area contributed by atoms with Crippen molar-refractivity contribution in [3.05, 3.63) is 0 Å². The summed E-state index contributed by atoms with van der Waals surface area (Å²) < 4.78 is 0. The highest BCUT2D eigenvalue weighted by Crippen LogP contribution is 2.00. The molecule has 0 aliphatic heterocycles. The molecule has 0 saturated heterocycles. The number of rotatable bonds is 7. The van der Waals surface area contributed by atoms with Crippen molar-refractivity contribution >= 4 is 18.3 Å². The Balaban J connectivity index is 0. The van der Waals surface area contributed by atoms with E-state index in [1.54, 1.807) is 0 Å². The van der Waals surface area contributed by atoms with Crippen LogP contribution >= 0.6 is 12.4 Å². The van der Waals surface area contributed by atoms with Crippen molar-refractivity contribution in [2.45, 2.75) is 46.7 Å². The van der Waals surface area contributed by atoms with Gasteiger partial charge in [0.25, 0.3) is 0 Å². The highest BCUT2D eigenvalue weighted by atomic mass is 35.5. The number of amides is 1. The van der Waals surface area contributed by atoms with E-state index in [1.165, 1.54) is 0 Å². The highest BCUT2D eigenvalue weighted by Gasteiger charge is 2.18. The molecule has 0 bridgehead atoms. The van der Waals surface area contributed by atoms with Gasteiger partial charge in [0.15, 0.2) is 0 Å². The average molecular weight is 266 g/mol. The van der Waals surface area contributed by atoms with Crippen molar-refractivity contribution in [1.29, 1.82) is 0 Å². The summed E-state index contributed by atoms with van der Waals surface area (Å²) >= 11 is 0. The minimum atomic E-state index is -0.399. The summed E-state index contributed by atoms with van der Waals surface area (Å²) in [5, 5.41) is 2.91. The highest BCUT2D eigenvalue weighted by molar-refractivity contribution is 5.85. The summed E-state index contributed by atoms with van der Waals surface area (Å²) in [6, 6.07) is -0.0396. The predicted octanol–water partition coefficient (Wildman–Crippen LogP) is 1.24. The van der Waals surface area contributed by atoms with Crippen molar-refractivity contribution in [1.82, 2.24) is 10.2 Å². The normalized spacial score (nSPS) is 14.4. The first-order valence-corrected chi connectivity index (χ1v) is 6.21. The molecule has 0 aliphatic carbocycles. The maximum Gasteiger partial charge on any atom is 0.237 e. The van der Waals surface area contributed by atoms with Gasteiger partial charge in [0.05, 0.1) is 6.04 Å². The maximum absolute atomic E-state index is 11.6. The zero-order valence-corrected chi connectivity index (χ0v) is 12.5. The molecule has 17 heavy (non-hydrogen) atoms. The Bertz CT molecular complexity index is 208. The number of carbonyl (C=O) groups is 1. The number of likely N-dealkylation sites (N-methyl/N-ethyl adjacent to an activating group) is 1. The van der Waals surface area contributed by atoms with Gasteiger partial charge in [0.2, 0.25) is 5.91 Å². The van der Waals surface area contributed by atoms with E-state index in [0.29, 0.717) is 12.6 Å². The molecule has 0 rings (SSSR count). The lowest BCUT2D eigenvalue weighted by Crippen LogP contribution is -2.48. The predicted molar refractivity (Wildman–Crippen MR) is 75.5 cm³/mol. The van der Waals surface area contributed by atoms with Gasteiger partial charge in [-0.25, -0.2) is 0 Å². The van der Waals surface area contributed by atoms with Gasteiger partial charge in [-0.2, -0.15) is 0 Å². The molecule has 2 atom stereocenters. The molecule has 0 aromatic heterocycles. The van der Waals surface area contributed by atoms with Crippen molar-refractivity contribution in [2.75, 3.05) is 19.6 Å². The molecule has 0 spiro atoms. The van der Waals surface area contributed by atoms with Crippen LogP contribution in [0.15, 0.2) is 0 Å². The largest absolute Gasteiger partial charge is 0.353 e. The van der Waals surface area contributed by atoms with Gasteiger partial charge in [0.1, 0.15) is 0 Å². The summed E-state index contributed by atoms with van der Waals surface area (Å²) in [5.41, 5.74) is 5.76. The van der Waals surface area contributed by atoms with Crippen LogP contribution in [-0.4, -0.2) is 42.5 Å². The Morgan fingerprint density at radius 1 is 1.24 bits per heavy atom. The quantitative estimate of drug-likeness (QED) is 0.728. The van der Waals surface area contributed by atoms with Crippen LogP contribution in [0.2, 0.25) is 0 Å². The van der Waals surface area contributed by atoms with Gasteiger partial charge >= 0.3 is 0 Å². The van der Waals surface area contributed by atoms with Gasteiger partial charge in [0, 0.05) is 12.6 Å². The Morgan fingerprint density at radius 3 is 2.06 bits per heavy atom. The van der Waals surface area contributed by atoms with E-state index in [0.717, 1.165) is 13.1 Å². The third-order valence-corrected chi connectivity index (χ3v) is 3.03. The van der Waals surface area contributed by atoms with Gasteiger partial charge in [-0.1, -0.05) is 27.7 Å². The van der Waals surface area contributed by atoms with Crippen LogP contribution in [0.3, 0.4) is 0 Å². The van der Waals surface area contributed by atoms with E-state index in [4.69, 9.17) is 5.73 Å². The van der Waals surface area contributed by atoms with E-state index in [1.807, 2.05) is 13.8 Å². The zero-order chi connectivity index (χ0) is 12.7. The van der Waals surface area contributed by atoms with Crippen LogP contribution in [0.4, 0.5) is 0 Å². The number of carbonyl (C=O) groups excluding carboxylic acids is 1. The molecule has 0 saturated carbocycles. The Hall–Kier alpha value is -0.320. The van der Waals surface area contributed by atoms with Crippen molar-refractivity contribution in [3.63, 3.8) is 0 Å². The second-order valence-electron chi connectivity index (χ2n) is 4.59. The first-order chi connectivity index (χ1) is 7.43. The molecule has 0 aromatic carbocycles. The molecule has 104 valence electrons. The molecule has 1 amide bonds. The Morgan fingerprint density at radius 2 is 1.71 bits per heavy atom. The minimum Gasteiger partial charge on any atom is -0.353 e. The molecule has 0 aliphatic rings. The summed E-state index contributed by atoms with van der Waals surface area (Å²) in [4.78, 5) is 13.9. The van der Waals surface area contributed by atoms with Crippen molar-refractivity contribution in [3.8, 4) is 0 Å². The second kappa shape index (κ2) is 9.68. The third kappa shape index (κ3) is 6.86. The molecule has 0 radical (unpaired) electrons. The number of halogens is 1. The molecular formula is C12H28ClN3O. The Labute approximate surface area is 112 Å². The first kappa shape index (κ1) is 19.0. The number of nitrogens with one attached hydrogen (secondary N) is 1. The monoisotopic (exact) mass is 265 g/mol. The van der Waals surface area contributed by atoms with Crippen LogP contribution in [0.1, 0.15) is 34.6 Å². The van der Waals surface area contributed by atoms with Crippen LogP contribution in [0, 0.1) is 5.92 Å². The van der Waals surface area contributed by atoms with Crippen molar-refractivity contribution in [2.24, 2.45) is 11.7 Å². The van der Waals surface area contributed by atoms with Gasteiger partial charge in [-0.15, -0.1) is 12.4 Å². The number of nitrogens with two attached hydrogens (primary N) is 1. The first-order valence-electron chi connectivity index (χ1n) is 6.21. The SMILES string of the molecule is CCN(CC)C(C)CNC(=O)[C@@H](N)C(C)C.Cl. The van der Waals surface area contributed by atoms with Crippen LogP contribution in [-0.2, 0) is 4.79 Å². The molecule has 1 unspecified atom stereocenters. The van der Waals surface area contributed by atoms with E-state index < -0.39 is 6.04 Å². The minimum absolute atomic E-state index is 0. The molecule has 5 heteroatoms. The van der Waals surface area contributed by atoms with Gasteiger partial charge in [-0.05, 0) is 25.9 Å². The summed E-state index contributed by atoms with van der Waals surface area (Å²) in [5.74, 6) is 0.137. The fraction of sp³-hybridized carbons (Fsp3) is 0.917. The fourth-order valence-corrected chi connectivity index (χ4v) is 1.64. The molecular weight excluding hydrogens is 238 g/mol. The summed E-state index contributed by atoms with van der Waals surface area (Å²) in [6.07, 6.45) is 0. The molecule has 0 fully saturated rings. The summed E-state index contributed by atoms with van der Waals surface area (Å²) in [6.45, 7) is 13.0. The lowest BCUT2D eigenvalue weighted by Gasteiger charge is -2.27. The van der Waals surface area contributed by atoms with Crippen LogP contribution in [0.25, 0.3) is 0 Å². The standard InChI is InChI=1S/C12H27N3O.ClH/c1-6-15(7-2)10(5)8-14-12(16)11(13)9(3)4;/h9-11H,6-8,13H2,1-5H3,(H,14,16);1H/t10?,11-;/m0./s1. The molecule has 3 N–H and O–H groups in total. The number of nitrogens with zero attached hydrogens (tertiary/aromatic N) is 1. The van der Waals surface area contributed by atoms with E-state index in [-0.39, 0.29) is 24.2 Å². The second-order valence-corrected chi connectivity index (χ2v) is 4.59. The van der Waals surface area contributed by atoms with Gasteiger partial charge < -0.3 is 11.1 Å². The van der Waals surface area contributed by atoms with Crippen molar-refractivity contribution < 1.29 is 4.79 Å². The number of hydrogen-bond acceptors (Lipinski definition) is 3. The van der Waals surface area contributed by atoms with E-state index in [2.05, 4.69) is 31.0 Å². The zero-order valence-electron chi connectivity index (χ0n) is 11.7. The number of hydrogen-bond donors (Lipinski definition) is 2. The fourth-order valence-electron chi connectivity index (χ4n) is 1.64. The molecule has 4 nitrogen and oxygen atoms in total. The topological polar surface area (TPSA) is 58.4 Å². The van der Waals surface area contributed by atoms with Gasteiger partial charge in [-0.3, -0.25) is 9.69 Å². The lowest BCUT2D eigenvalue weighted by atomic mass is 10.1. The molecule has 0 aromatic rings. The van der Waals surface area contributed by atoms with E-state index >= 15 is 0 Å². The Kier molecular flexibility index (Phi) is 10.8. The van der Waals surface area contributed by atoms with Crippen LogP contribution < -0.4 is 11.1 Å². The van der Waals surface area contributed by atoms with Crippen LogP contribution in [0.5, 0.6) is 0 Å². The average Bonchev–Trinajstić information content (AvgIpc) is 2.26. The molecule has 0 heterocycles. The summed E-state index contributed by atoms with van der Waals surface area (Å²) in [7, 11) is 0.